The molecule has 0 bridgehead atoms. The maximum absolute atomic E-state index is 8.84. The van der Waals surface area contributed by atoms with Crippen molar-refractivity contribution in [3.63, 3.8) is 0 Å². The van der Waals surface area contributed by atoms with E-state index in [2.05, 4.69) is 17.2 Å². The van der Waals surface area contributed by atoms with E-state index in [1.54, 1.807) is 12.4 Å². The van der Waals surface area contributed by atoms with Crippen molar-refractivity contribution in [1.82, 2.24) is 4.98 Å². The van der Waals surface area contributed by atoms with Gasteiger partial charge in [0.1, 0.15) is 0 Å². The Morgan fingerprint density at radius 2 is 2.17 bits per heavy atom. The molecule has 0 saturated heterocycles. The minimum atomic E-state index is 0.235. The predicted molar refractivity (Wildman–Crippen MR) is 75.6 cm³/mol. The zero-order chi connectivity index (χ0) is 13.0. The highest BCUT2D eigenvalue weighted by Crippen LogP contribution is 2.28. The van der Waals surface area contributed by atoms with E-state index in [0.717, 1.165) is 35.0 Å². The summed E-state index contributed by atoms with van der Waals surface area (Å²) >= 11 is 0. The minimum Gasteiger partial charge on any atom is -0.398 e. The molecule has 1 heterocycles. The molecule has 96 valence electrons. The highest BCUT2D eigenvalue weighted by Gasteiger charge is 2.07. The number of benzene rings is 1. The number of rotatable bonds is 5. The lowest BCUT2D eigenvalue weighted by molar-refractivity contribution is 0.282. The fraction of sp³-hybridized carbons (Fsp3) is 0.357. The van der Waals surface area contributed by atoms with E-state index < -0.39 is 0 Å². The molecule has 0 aliphatic carbocycles. The maximum atomic E-state index is 8.84. The average Bonchev–Trinajstić information content (AvgIpc) is 2.40. The van der Waals surface area contributed by atoms with Gasteiger partial charge in [-0.15, -0.1) is 0 Å². The molecule has 0 saturated carbocycles. The Kier molecular flexibility index (Phi) is 3.99. The third kappa shape index (κ3) is 2.71. The lowest BCUT2D eigenvalue weighted by Gasteiger charge is -2.17. The molecule has 0 fully saturated rings. The molecule has 1 aromatic carbocycles. The van der Waals surface area contributed by atoms with Gasteiger partial charge in [-0.25, -0.2) is 0 Å². The summed E-state index contributed by atoms with van der Waals surface area (Å²) in [7, 11) is 0. The minimum absolute atomic E-state index is 0.235. The number of hydrogen-bond donors (Lipinski definition) is 3. The van der Waals surface area contributed by atoms with Crippen LogP contribution in [0.25, 0.3) is 10.8 Å². The molecule has 1 atom stereocenters. The number of nitrogens with one attached hydrogen (secondary N) is 1. The van der Waals surface area contributed by atoms with E-state index in [9.17, 15) is 0 Å². The number of nitrogen functional groups attached to an aromatic ring is 1. The van der Waals surface area contributed by atoms with Crippen molar-refractivity contribution >= 4 is 22.1 Å². The summed E-state index contributed by atoms with van der Waals surface area (Å²) in [6.45, 7) is 2.34. The number of fused-ring (bicyclic) bond motifs is 1. The van der Waals surface area contributed by atoms with Crippen LogP contribution in [-0.2, 0) is 0 Å². The molecule has 2 aromatic rings. The van der Waals surface area contributed by atoms with E-state index in [-0.39, 0.29) is 6.61 Å². The van der Waals surface area contributed by atoms with Gasteiger partial charge < -0.3 is 16.2 Å². The second-order valence-corrected chi connectivity index (χ2v) is 4.53. The number of aliphatic hydroxyl groups is 1. The molecular weight excluding hydrogens is 226 g/mol. The third-order valence-electron chi connectivity index (χ3n) is 3.05. The molecule has 0 aliphatic heterocycles. The Bertz CT molecular complexity index is 527. The van der Waals surface area contributed by atoms with Crippen LogP contribution < -0.4 is 11.1 Å². The Morgan fingerprint density at radius 3 is 2.94 bits per heavy atom. The molecular formula is C14H19N3O. The van der Waals surface area contributed by atoms with Gasteiger partial charge in [-0.2, -0.15) is 0 Å². The molecule has 18 heavy (non-hydrogen) atoms. The van der Waals surface area contributed by atoms with Gasteiger partial charge in [-0.05, 0) is 38.0 Å². The number of nitrogens with two attached hydrogens (primary N) is 1. The van der Waals surface area contributed by atoms with Crippen LogP contribution in [0.5, 0.6) is 0 Å². The van der Waals surface area contributed by atoms with Crippen molar-refractivity contribution in [3.8, 4) is 0 Å². The van der Waals surface area contributed by atoms with Crippen LogP contribution in [0, 0.1) is 0 Å². The van der Waals surface area contributed by atoms with Gasteiger partial charge in [0.2, 0.25) is 0 Å². The van der Waals surface area contributed by atoms with Crippen LogP contribution in [0.15, 0.2) is 30.6 Å². The van der Waals surface area contributed by atoms with E-state index >= 15 is 0 Å². The number of nitrogens with zero attached hydrogens (tertiary/aromatic N) is 1. The first-order chi connectivity index (χ1) is 8.72. The summed E-state index contributed by atoms with van der Waals surface area (Å²) in [5, 5.41) is 14.3. The second kappa shape index (κ2) is 5.69. The first kappa shape index (κ1) is 12.6. The fourth-order valence-electron chi connectivity index (χ4n) is 2.07. The molecule has 0 spiro atoms. The van der Waals surface area contributed by atoms with Gasteiger partial charge in [-0.1, -0.05) is 0 Å². The van der Waals surface area contributed by atoms with E-state index in [0.29, 0.717) is 6.04 Å². The highest BCUT2D eigenvalue weighted by atomic mass is 16.2. The predicted octanol–water partition coefficient (Wildman–Crippen LogP) is 2.39. The van der Waals surface area contributed by atoms with Crippen LogP contribution in [0.1, 0.15) is 19.8 Å². The smallest absolute Gasteiger partial charge is 0.0431 e. The van der Waals surface area contributed by atoms with Gasteiger partial charge in [-0.3, -0.25) is 4.98 Å². The number of anilines is 2. The highest BCUT2D eigenvalue weighted by molar-refractivity contribution is 6.00. The maximum Gasteiger partial charge on any atom is 0.0431 e. The van der Waals surface area contributed by atoms with Crippen molar-refractivity contribution in [2.45, 2.75) is 25.8 Å². The Morgan fingerprint density at radius 1 is 1.33 bits per heavy atom. The molecule has 4 nitrogen and oxygen atoms in total. The van der Waals surface area contributed by atoms with Crippen molar-refractivity contribution in [3.05, 3.63) is 30.6 Å². The number of hydrogen-bond acceptors (Lipinski definition) is 4. The molecule has 4 N–H and O–H groups in total. The molecule has 4 heteroatoms. The number of pyridine rings is 1. The number of aromatic nitrogens is 1. The van der Waals surface area contributed by atoms with Gasteiger partial charge in [0.05, 0.1) is 0 Å². The lowest BCUT2D eigenvalue weighted by atomic mass is 10.1. The topological polar surface area (TPSA) is 71.2 Å². The van der Waals surface area contributed by atoms with E-state index in [1.807, 2.05) is 18.2 Å². The largest absolute Gasteiger partial charge is 0.398 e. The lowest BCUT2D eigenvalue weighted by Crippen LogP contribution is -2.15. The van der Waals surface area contributed by atoms with Crippen molar-refractivity contribution in [2.75, 3.05) is 17.7 Å². The Labute approximate surface area is 107 Å². The normalized spacial score (nSPS) is 12.6. The monoisotopic (exact) mass is 245 g/mol. The Balaban J connectivity index is 2.26. The summed E-state index contributed by atoms with van der Waals surface area (Å²) in [5.41, 5.74) is 7.74. The number of aliphatic hydroxyl groups excluding tert-OH is 1. The molecule has 1 unspecified atom stereocenters. The molecule has 1 aromatic heterocycles. The zero-order valence-corrected chi connectivity index (χ0v) is 10.6. The quantitative estimate of drug-likeness (QED) is 0.707. The van der Waals surface area contributed by atoms with Crippen molar-refractivity contribution < 1.29 is 5.11 Å². The van der Waals surface area contributed by atoms with E-state index in [1.165, 1.54) is 0 Å². The van der Waals surface area contributed by atoms with E-state index in [4.69, 9.17) is 10.8 Å². The van der Waals surface area contributed by atoms with Crippen LogP contribution in [0.2, 0.25) is 0 Å². The van der Waals surface area contributed by atoms with Crippen LogP contribution in [0.4, 0.5) is 11.4 Å². The molecule has 0 radical (unpaired) electrons. The SMILES string of the molecule is CC(CCCO)Nc1ccc(N)c2cnccc12. The van der Waals surface area contributed by atoms with Crippen LogP contribution in [0.3, 0.4) is 0 Å². The molecule has 0 amide bonds. The summed E-state index contributed by atoms with van der Waals surface area (Å²) in [4.78, 5) is 4.10. The standard InChI is InChI=1S/C14H19N3O/c1-10(3-2-8-18)17-14-5-4-13(15)12-9-16-7-6-11(12)14/h4-7,9-10,17-18H,2-3,8,15H2,1H3. The summed E-state index contributed by atoms with van der Waals surface area (Å²) in [5.74, 6) is 0. The van der Waals surface area contributed by atoms with Gasteiger partial charge in [0.15, 0.2) is 0 Å². The first-order valence-electron chi connectivity index (χ1n) is 6.22. The summed E-state index contributed by atoms with van der Waals surface area (Å²) < 4.78 is 0. The van der Waals surface area contributed by atoms with Gasteiger partial charge in [0, 0.05) is 47.2 Å². The van der Waals surface area contributed by atoms with Crippen LogP contribution in [-0.4, -0.2) is 22.7 Å². The van der Waals surface area contributed by atoms with Crippen molar-refractivity contribution in [2.24, 2.45) is 0 Å². The fourth-order valence-corrected chi connectivity index (χ4v) is 2.07. The molecule has 0 aliphatic rings. The third-order valence-corrected chi connectivity index (χ3v) is 3.05. The zero-order valence-electron chi connectivity index (χ0n) is 10.6. The summed E-state index contributed by atoms with van der Waals surface area (Å²) in [6.07, 6.45) is 5.30. The average molecular weight is 245 g/mol. The van der Waals surface area contributed by atoms with Crippen LogP contribution >= 0.6 is 0 Å². The van der Waals surface area contributed by atoms with Gasteiger partial charge >= 0.3 is 0 Å². The van der Waals surface area contributed by atoms with Crippen molar-refractivity contribution in [1.29, 1.82) is 0 Å². The first-order valence-corrected chi connectivity index (χ1v) is 6.22. The second-order valence-electron chi connectivity index (χ2n) is 4.53. The summed E-state index contributed by atoms with van der Waals surface area (Å²) in [6, 6.07) is 6.17. The van der Waals surface area contributed by atoms with Gasteiger partial charge in [0.25, 0.3) is 0 Å². The molecule has 2 rings (SSSR count). The Hall–Kier alpha value is -1.81.